The van der Waals surface area contributed by atoms with Crippen LogP contribution in [0.25, 0.3) is 22.4 Å². The number of fused-ring (bicyclic) bond motifs is 1. The standard InChI is InChI=1S/C8H8N8/c1-16-14-7(13-15-16)4-2-10-8-5(4)6(9)11-3-12-8/h2-3H,1H3,(H3,9,10,11,12). The minimum atomic E-state index is 0.397. The molecule has 0 aliphatic heterocycles. The Labute approximate surface area is 89.5 Å². The second-order valence-corrected chi connectivity index (χ2v) is 3.29. The molecule has 3 aromatic heterocycles. The van der Waals surface area contributed by atoms with Crippen molar-refractivity contribution >= 4 is 16.9 Å². The second kappa shape index (κ2) is 2.99. The fraction of sp³-hybridized carbons (Fsp3) is 0.125. The van der Waals surface area contributed by atoms with Gasteiger partial charge in [0.1, 0.15) is 17.8 Å². The number of hydrogen-bond donors (Lipinski definition) is 2. The zero-order valence-corrected chi connectivity index (χ0v) is 8.42. The molecule has 0 amide bonds. The first-order valence-corrected chi connectivity index (χ1v) is 4.57. The van der Waals surface area contributed by atoms with E-state index in [9.17, 15) is 0 Å². The first-order valence-electron chi connectivity index (χ1n) is 4.57. The normalized spacial score (nSPS) is 11.1. The average molecular weight is 216 g/mol. The maximum absolute atomic E-state index is 5.79. The van der Waals surface area contributed by atoms with Gasteiger partial charge < -0.3 is 10.7 Å². The number of rotatable bonds is 1. The molecule has 0 saturated carbocycles. The molecule has 80 valence electrons. The number of tetrazole rings is 1. The monoisotopic (exact) mass is 216 g/mol. The van der Waals surface area contributed by atoms with Gasteiger partial charge in [0.05, 0.1) is 18.0 Å². The molecule has 0 saturated heterocycles. The summed E-state index contributed by atoms with van der Waals surface area (Å²) in [4.78, 5) is 12.4. The van der Waals surface area contributed by atoms with Gasteiger partial charge in [-0.05, 0) is 5.21 Å². The van der Waals surface area contributed by atoms with Crippen LogP contribution in [0.1, 0.15) is 0 Å². The Bertz CT molecular complexity index is 651. The Kier molecular flexibility index (Phi) is 1.64. The number of aryl methyl sites for hydroxylation is 1. The fourth-order valence-electron chi connectivity index (χ4n) is 1.56. The predicted octanol–water partition coefficient (Wildman–Crippen LogP) is -0.269. The van der Waals surface area contributed by atoms with E-state index in [1.165, 1.54) is 11.1 Å². The molecule has 3 heterocycles. The number of H-pyrrole nitrogens is 1. The van der Waals surface area contributed by atoms with Crippen molar-refractivity contribution in [2.45, 2.75) is 0 Å². The second-order valence-electron chi connectivity index (χ2n) is 3.29. The van der Waals surface area contributed by atoms with Gasteiger partial charge in [0.25, 0.3) is 0 Å². The predicted molar refractivity (Wildman–Crippen MR) is 56.1 cm³/mol. The van der Waals surface area contributed by atoms with E-state index >= 15 is 0 Å². The van der Waals surface area contributed by atoms with Crippen LogP contribution in [0, 0.1) is 0 Å². The summed E-state index contributed by atoms with van der Waals surface area (Å²) in [6.45, 7) is 0. The molecule has 8 nitrogen and oxygen atoms in total. The third-order valence-corrected chi connectivity index (χ3v) is 2.25. The number of nitrogen functional groups attached to an aromatic ring is 1. The Morgan fingerprint density at radius 2 is 2.25 bits per heavy atom. The lowest BCUT2D eigenvalue weighted by Gasteiger charge is -1.95. The zero-order chi connectivity index (χ0) is 11.1. The smallest absolute Gasteiger partial charge is 0.207 e. The first-order chi connectivity index (χ1) is 7.75. The highest BCUT2D eigenvalue weighted by Gasteiger charge is 2.14. The number of nitrogens with one attached hydrogen (secondary N) is 1. The summed E-state index contributed by atoms with van der Waals surface area (Å²) >= 11 is 0. The highest BCUT2D eigenvalue weighted by molar-refractivity contribution is 5.98. The van der Waals surface area contributed by atoms with E-state index in [0.29, 0.717) is 17.3 Å². The topological polar surface area (TPSA) is 111 Å². The number of aromatic nitrogens is 7. The maximum Gasteiger partial charge on any atom is 0.207 e. The lowest BCUT2D eigenvalue weighted by molar-refractivity contribution is 0.630. The van der Waals surface area contributed by atoms with Crippen LogP contribution in [-0.2, 0) is 7.05 Å². The van der Waals surface area contributed by atoms with Crippen molar-refractivity contribution in [2.75, 3.05) is 5.73 Å². The number of hydrogen-bond acceptors (Lipinski definition) is 6. The molecular weight excluding hydrogens is 208 g/mol. The lowest BCUT2D eigenvalue weighted by Crippen LogP contribution is -1.93. The molecule has 3 N–H and O–H groups in total. The molecule has 0 atom stereocenters. The van der Waals surface area contributed by atoms with Crippen LogP contribution in [0.2, 0.25) is 0 Å². The van der Waals surface area contributed by atoms with Crippen molar-refractivity contribution in [3.8, 4) is 11.4 Å². The highest BCUT2D eigenvalue weighted by Crippen LogP contribution is 2.27. The van der Waals surface area contributed by atoms with Gasteiger partial charge in [0.2, 0.25) is 5.82 Å². The molecule has 0 radical (unpaired) electrons. The van der Waals surface area contributed by atoms with Gasteiger partial charge in [-0.2, -0.15) is 4.80 Å². The van der Waals surface area contributed by atoms with Crippen LogP contribution in [0.5, 0.6) is 0 Å². The van der Waals surface area contributed by atoms with Gasteiger partial charge in [-0.3, -0.25) is 0 Å². The van der Waals surface area contributed by atoms with Crippen LogP contribution >= 0.6 is 0 Å². The Hall–Kier alpha value is -2.51. The quantitative estimate of drug-likeness (QED) is 0.579. The minimum Gasteiger partial charge on any atom is -0.383 e. The van der Waals surface area contributed by atoms with E-state index in [4.69, 9.17) is 5.73 Å². The molecule has 3 rings (SSSR count). The Morgan fingerprint density at radius 1 is 1.38 bits per heavy atom. The number of aromatic amines is 1. The lowest BCUT2D eigenvalue weighted by atomic mass is 10.2. The van der Waals surface area contributed by atoms with Crippen molar-refractivity contribution in [2.24, 2.45) is 7.05 Å². The largest absolute Gasteiger partial charge is 0.383 e. The molecule has 0 aliphatic carbocycles. The third-order valence-electron chi connectivity index (χ3n) is 2.25. The van der Waals surface area contributed by atoms with Crippen molar-refractivity contribution in [3.05, 3.63) is 12.5 Å². The molecule has 0 aromatic carbocycles. The van der Waals surface area contributed by atoms with Gasteiger partial charge in [-0.25, -0.2) is 9.97 Å². The summed E-state index contributed by atoms with van der Waals surface area (Å²) in [7, 11) is 1.70. The maximum atomic E-state index is 5.79. The van der Waals surface area contributed by atoms with Crippen molar-refractivity contribution < 1.29 is 0 Å². The van der Waals surface area contributed by atoms with E-state index in [1.807, 2.05) is 0 Å². The van der Waals surface area contributed by atoms with Gasteiger partial charge in [-0.1, -0.05) is 0 Å². The molecule has 0 unspecified atom stereocenters. The van der Waals surface area contributed by atoms with Crippen LogP contribution < -0.4 is 5.73 Å². The molecule has 16 heavy (non-hydrogen) atoms. The fourth-order valence-corrected chi connectivity index (χ4v) is 1.56. The zero-order valence-electron chi connectivity index (χ0n) is 8.42. The summed E-state index contributed by atoms with van der Waals surface area (Å²) < 4.78 is 0. The molecule has 0 fully saturated rings. The van der Waals surface area contributed by atoms with Crippen molar-refractivity contribution in [1.82, 2.24) is 35.2 Å². The average Bonchev–Trinajstić information content (AvgIpc) is 2.84. The molecular formula is C8H8N8. The summed E-state index contributed by atoms with van der Waals surface area (Å²) in [6.07, 6.45) is 3.15. The number of nitrogens with zero attached hydrogens (tertiary/aromatic N) is 6. The van der Waals surface area contributed by atoms with Crippen LogP contribution in [0.15, 0.2) is 12.5 Å². The van der Waals surface area contributed by atoms with E-state index in [2.05, 4.69) is 30.4 Å². The first kappa shape index (κ1) is 8.77. The number of nitrogens with two attached hydrogens (primary N) is 1. The van der Waals surface area contributed by atoms with E-state index in [0.717, 1.165) is 10.9 Å². The SMILES string of the molecule is Cn1nnc(-c2c[nH]c3ncnc(N)c23)n1. The Morgan fingerprint density at radius 3 is 3.00 bits per heavy atom. The molecule has 0 spiro atoms. The van der Waals surface area contributed by atoms with Crippen molar-refractivity contribution in [3.63, 3.8) is 0 Å². The van der Waals surface area contributed by atoms with Gasteiger partial charge in [0.15, 0.2) is 0 Å². The molecule has 0 aliphatic rings. The van der Waals surface area contributed by atoms with E-state index in [1.54, 1.807) is 13.2 Å². The summed E-state index contributed by atoms with van der Waals surface area (Å²) in [5, 5.41) is 12.5. The molecule has 3 aromatic rings. The summed E-state index contributed by atoms with van der Waals surface area (Å²) in [5.41, 5.74) is 7.20. The number of anilines is 1. The van der Waals surface area contributed by atoms with Crippen molar-refractivity contribution in [1.29, 1.82) is 0 Å². The highest BCUT2D eigenvalue weighted by atomic mass is 15.6. The van der Waals surface area contributed by atoms with Crippen LogP contribution in [0.4, 0.5) is 5.82 Å². The molecule has 0 bridgehead atoms. The minimum absolute atomic E-state index is 0.397. The van der Waals surface area contributed by atoms with Gasteiger partial charge in [-0.15, -0.1) is 10.2 Å². The van der Waals surface area contributed by atoms with Crippen LogP contribution in [-0.4, -0.2) is 35.2 Å². The van der Waals surface area contributed by atoms with Crippen LogP contribution in [0.3, 0.4) is 0 Å². The Balaban J connectivity index is 2.32. The summed E-state index contributed by atoms with van der Waals surface area (Å²) in [6, 6.07) is 0. The van der Waals surface area contributed by atoms with E-state index in [-0.39, 0.29) is 0 Å². The third kappa shape index (κ3) is 1.13. The molecule has 8 heteroatoms. The summed E-state index contributed by atoms with van der Waals surface area (Å²) in [5.74, 6) is 0.893. The van der Waals surface area contributed by atoms with E-state index < -0.39 is 0 Å². The van der Waals surface area contributed by atoms with Gasteiger partial charge >= 0.3 is 0 Å². The van der Waals surface area contributed by atoms with Gasteiger partial charge in [0, 0.05) is 6.20 Å².